The van der Waals surface area contributed by atoms with Gasteiger partial charge < -0.3 is 9.84 Å². The molecule has 2 atom stereocenters. The highest BCUT2D eigenvalue weighted by atomic mass is 35.5. The van der Waals surface area contributed by atoms with Crippen LogP contribution in [0.1, 0.15) is 36.1 Å². The van der Waals surface area contributed by atoms with Crippen LogP contribution in [0.5, 0.6) is 5.75 Å². The number of anilines is 1. The highest BCUT2D eigenvalue weighted by Gasteiger charge is 2.38. The van der Waals surface area contributed by atoms with Gasteiger partial charge in [-0.1, -0.05) is 41.9 Å². The standard InChI is InChI=1S/C27H27ClFNO4S/c1-16-8-11-21(15-26(16)34-4)35(32,33)30-18(3)25(31)14-20-10-9-19(13-24(20)30)12-17(2)27-22(28)6-5-7-23(27)29/h5-13,15,18,25,31H,14H2,1-4H3/b17-12+/t18-,25-/m1/s1. The first kappa shape index (κ1) is 25.2. The Morgan fingerprint density at radius 2 is 1.94 bits per heavy atom. The summed E-state index contributed by atoms with van der Waals surface area (Å²) in [5, 5.41) is 11.0. The monoisotopic (exact) mass is 515 g/mol. The lowest BCUT2D eigenvalue weighted by Crippen LogP contribution is -2.49. The van der Waals surface area contributed by atoms with Crippen LogP contribution in [0, 0.1) is 12.7 Å². The van der Waals surface area contributed by atoms with Crippen LogP contribution in [-0.4, -0.2) is 32.8 Å². The molecule has 35 heavy (non-hydrogen) atoms. The normalized spacial score (nSPS) is 18.4. The van der Waals surface area contributed by atoms with Gasteiger partial charge in [0.2, 0.25) is 0 Å². The van der Waals surface area contributed by atoms with Crippen molar-refractivity contribution < 1.29 is 22.7 Å². The average Bonchev–Trinajstić information content (AvgIpc) is 2.80. The Morgan fingerprint density at radius 1 is 1.20 bits per heavy atom. The Balaban J connectivity index is 1.83. The zero-order valence-electron chi connectivity index (χ0n) is 19.9. The number of hydrogen-bond donors (Lipinski definition) is 1. The molecule has 8 heteroatoms. The number of benzene rings is 3. The summed E-state index contributed by atoms with van der Waals surface area (Å²) in [5.74, 6) is 0.0315. The van der Waals surface area contributed by atoms with Crippen molar-refractivity contribution in [2.45, 2.75) is 44.2 Å². The van der Waals surface area contributed by atoms with E-state index in [0.29, 0.717) is 45.1 Å². The molecule has 5 nitrogen and oxygen atoms in total. The number of halogens is 2. The fourth-order valence-electron chi connectivity index (χ4n) is 4.44. The second-order valence-corrected chi connectivity index (χ2v) is 11.0. The summed E-state index contributed by atoms with van der Waals surface area (Å²) in [6.45, 7) is 5.27. The van der Waals surface area contributed by atoms with Gasteiger partial charge in [0, 0.05) is 18.1 Å². The predicted octanol–water partition coefficient (Wildman–Crippen LogP) is 5.86. The summed E-state index contributed by atoms with van der Waals surface area (Å²) in [6, 6.07) is 13.9. The molecule has 0 bridgehead atoms. The topological polar surface area (TPSA) is 66.8 Å². The largest absolute Gasteiger partial charge is 0.496 e. The Kier molecular flexibility index (Phi) is 6.95. The van der Waals surface area contributed by atoms with Crippen LogP contribution in [-0.2, 0) is 16.4 Å². The van der Waals surface area contributed by atoms with Gasteiger partial charge in [0.1, 0.15) is 11.6 Å². The van der Waals surface area contributed by atoms with E-state index in [0.717, 1.165) is 5.56 Å². The Labute approximate surface area is 210 Å². The fraction of sp³-hybridized carbons (Fsp3) is 0.259. The summed E-state index contributed by atoms with van der Waals surface area (Å²) >= 11 is 6.22. The molecular formula is C27H27ClFNO4S. The first-order valence-electron chi connectivity index (χ1n) is 11.2. The molecule has 4 rings (SSSR count). The van der Waals surface area contributed by atoms with Crippen molar-refractivity contribution in [2.75, 3.05) is 11.4 Å². The zero-order valence-corrected chi connectivity index (χ0v) is 21.5. The van der Waals surface area contributed by atoms with E-state index in [1.54, 1.807) is 50.3 Å². The number of allylic oxidation sites excluding steroid dienone is 1. The van der Waals surface area contributed by atoms with E-state index >= 15 is 0 Å². The third-order valence-electron chi connectivity index (χ3n) is 6.38. The number of nitrogens with zero attached hydrogens (tertiary/aromatic N) is 1. The summed E-state index contributed by atoms with van der Waals surface area (Å²) in [4.78, 5) is 0.0714. The van der Waals surface area contributed by atoms with E-state index in [1.807, 2.05) is 13.0 Å². The molecule has 0 saturated heterocycles. The van der Waals surface area contributed by atoms with E-state index in [-0.39, 0.29) is 4.90 Å². The molecule has 0 radical (unpaired) electrons. The van der Waals surface area contributed by atoms with Crippen molar-refractivity contribution in [1.82, 2.24) is 0 Å². The van der Waals surface area contributed by atoms with Crippen LogP contribution >= 0.6 is 11.6 Å². The minimum Gasteiger partial charge on any atom is -0.496 e. The number of aryl methyl sites for hydroxylation is 1. The van der Waals surface area contributed by atoms with Gasteiger partial charge in [0.05, 0.1) is 34.9 Å². The molecule has 0 spiro atoms. The molecule has 0 unspecified atom stereocenters. The van der Waals surface area contributed by atoms with Crippen molar-refractivity contribution in [2.24, 2.45) is 0 Å². The quantitative estimate of drug-likeness (QED) is 0.432. The molecule has 3 aromatic carbocycles. The smallest absolute Gasteiger partial charge is 0.264 e. The van der Waals surface area contributed by atoms with Gasteiger partial charge in [-0.05, 0) is 67.3 Å². The number of rotatable bonds is 5. The highest BCUT2D eigenvalue weighted by Crippen LogP contribution is 2.38. The van der Waals surface area contributed by atoms with E-state index in [4.69, 9.17) is 16.3 Å². The number of ether oxygens (including phenoxy) is 1. The summed E-state index contributed by atoms with van der Waals surface area (Å²) in [7, 11) is -2.54. The van der Waals surface area contributed by atoms with Crippen LogP contribution in [0.3, 0.4) is 0 Å². The number of aliphatic hydroxyl groups is 1. The number of sulfonamides is 1. The maximum absolute atomic E-state index is 14.4. The molecule has 0 saturated carbocycles. The van der Waals surface area contributed by atoms with E-state index in [1.165, 1.54) is 29.6 Å². The summed E-state index contributed by atoms with van der Waals surface area (Å²) < 4.78 is 48.6. The number of hydrogen-bond acceptors (Lipinski definition) is 4. The number of methoxy groups -OCH3 is 1. The van der Waals surface area contributed by atoms with Crippen molar-refractivity contribution in [3.8, 4) is 5.75 Å². The Bertz CT molecular complexity index is 1400. The van der Waals surface area contributed by atoms with Gasteiger partial charge in [-0.2, -0.15) is 0 Å². The SMILES string of the molecule is COc1cc(S(=O)(=O)N2c3cc(/C=C(\C)c4c(F)cccc4Cl)ccc3C[C@@H](O)[C@H]2C)ccc1C. The maximum Gasteiger partial charge on any atom is 0.264 e. The molecule has 0 amide bonds. The van der Waals surface area contributed by atoms with E-state index in [2.05, 4.69) is 0 Å². The van der Waals surface area contributed by atoms with Crippen LogP contribution in [0.15, 0.2) is 59.5 Å². The molecule has 3 aromatic rings. The lowest BCUT2D eigenvalue weighted by molar-refractivity contribution is 0.147. The molecule has 0 fully saturated rings. The van der Waals surface area contributed by atoms with Crippen molar-refractivity contribution in [1.29, 1.82) is 0 Å². The van der Waals surface area contributed by atoms with Crippen LogP contribution in [0.4, 0.5) is 10.1 Å². The highest BCUT2D eigenvalue weighted by molar-refractivity contribution is 7.92. The summed E-state index contributed by atoms with van der Waals surface area (Å²) in [5.41, 5.74) is 3.58. The number of aliphatic hydroxyl groups excluding tert-OH is 1. The van der Waals surface area contributed by atoms with Crippen LogP contribution in [0.25, 0.3) is 11.6 Å². The predicted molar refractivity (Wildman–Crippen MR) is 138 cm³/mol. The lowest BCUT2D eigenvalue weighted by atomic mass is 9.94. The molecule has 184 valence electrons. The minimum absolute atomic E-state index is 0.0714. The third kappa shape index (κ3) is 4.68. The average molecular weight is 516 g/mol. The Hall–Kier alpha value is -2.87. The zero-order chi connectivity index (χ0) is 25.5. The molecular weight excluding hydrogens is 489 g/mol. The molecule has 0 aliphatic carbocycles. The van der Waals surface area contributed by atoms with Crippen LogP contribution < -0.4 is 9.04 Å². The van der Waals surface area contributed by atoms with Crippen molar-refractivity contribution in [3.63, 3.8) is 0 Å². The molecule has 1 aliphatic rings. The van der Waals surface area contributed by atoms with Crippen LogP contribution in [0.2, 0.25) is 5.02 Å². The Morgan fingerprint density at radius 3 is 2.63 bits per heavy atom. The van der Waals surface area contributed by atoms with Gasteiger partial charge in [-0.15, -0.1) is 0 Å². The first-order valence-corrected chi connectivity index (χ1v) is 13.0. The van der Waals surface area contributed by atoms with Gasteiger partial charge >= 0.3 is 0 Å². The van der Waals surface area contributed by atoms with Crippen molar-refractivity contribution in [3.05, 3.63) is 87.7 Å². The van der Waals surface area contributed by atoms with Gasteiger partial charge in [-0.25, -0.2) is 12.8 Å². The third-order valence-corrected chi connectivity index (χ3v) is 8.59. The minimum atomic E-state index is -4.03. The molecule has 1 aliphatic heterocycles. The van der Waals surface area contributed by atoms with E-state index < -0.39 is 28.0 Å². The second kappa shape index (κ2) is 9.64. The molecule has 1 N–H and O–H groups in total. The number of fused-ring (bicyclic) bond motifs is 1. The van der Waals surface area contributed by atoms with Gasteiger partial charge in [0.25, 0.3) is 10.0 Å². The maximum atomic E-state index is 14.4. The molecule has 0 aromatic heterocycles. The first-order chi connectivity index (χ1) is 16.5. The van der Waals surface area contributed by atoms with Crippen molar-refractivity contribution >= 4 is 39.0 Å². The fourth-order valence-corrected chi connectivity index (χ4v) is 6.48. The van der Waals surface area contributed by atoms with Gasteiger partial charge in [0.15, 0.2) is 0 Å². The van der Waals surface area contributed by atoms with Gasteiger partial charge in [-0.3, -0.25) is 4.31 Å². The lowest BCUT2D eigenvalue weighted by Gasteiger charge is -2.39. The summed E-state index contributed by atoms with van der Waals surface area (Å²) in [6.07, 6.45) is 1.21. The van der Waals surface area contributed by atoms with E-state index in [9.17, 15) is 17.9 Å². The second-order valence-electron chi connectivity index (χ2n) is 8.76. The molecule has 1 heterocycles.